The van der Waals surface area contributed by atoms with Crippen molar-refractivity contribution in [2.75, 3.05) is 5.32 Å². The molecule has 0 unspecified atom stereocenters. The van der Waals surface area contributed by atoms with Gasteiger partial charge in [-0.3, -0.25) is 9.59 Å². The third kappa shape index (κ3) is 4.85. The summed E-state index contributed by atoms with van der Waals surface area (Å²) in [7, 11) is 0. The maximum Gasteiger partial charge on any atom is 0.433 e. The summed E-state index contributed by atoms with van der Waals surface area (Å²) in [6.45, 7) is 1.44. The van der Waals surface area contributed by atoms with Crippen LogP contribution in [-0.4, -0.2) is 16.8 Å². The Labute approximate surface area is 199 Å². The van der Waals surface area contributed by atoms with Crippen molar-refractivity contribution in [1.82, 2.24) is 4.98 Å². The fraction of sp³-hybridized carbons (Fsp3) is 0.136. The molecule has 12 heteroatoms. The van der Waals surface area contributed by atoms with Gasteiger partial charge in [0.2, 0.25) is 0 Å². The Morgan fingerprint density at radius 1 is 1.24 bits per heavy atom. The SMILES string of the molecule is Cc1cc(C(F)(F)F)nc2sc(C(N)=O)c(NC(=O)c3ccc(COc4cccc(Cl)c4)o3)c12. The van der Waals surface area contributed by atoms with Crippen LogP contribution in [0, 0.1) is 6.92 Å². The third-order valence-corrected chi connectivity index (χ3v) is 6.01. The normalized spacial score (nSPS) is 11.6. The molecule has 0 aliphatic rings. The zero-order chi connectivity index (χ0) is 24.6. The second-order valence-electron chi connectivity index (χ2n) is 7.14. The Morgan fingerprint density at radius 2 is 2.00 bits per heavy atom. The lowest BCUT2D eigenvalue weighted by Crippen LogP contribution is -2.16. The van der Waals surface area contributed by atoms with E-state index >= 15 is 0 Å². The Hall–Kier alpha value is -3.57. The number of primary amides is 1. The first-order valence-electron chi connectivity index (χ1n) is 9.62. The van der Waals surface area contributed by atoms with Crippen LogP contribution in [0.25, 0.3) is 10.2 Å². The van der Waals surface area contributed by atoms with E-state index < -0.39 is 23.7 Å². The first kappa shape index (κ1) is 23.6. The highest BCUT2D eigenvalue weighted by molar-refractivity contribution is 7.21. The number of nitrogens with two attached hydrogens (primary N) is 1. The maximum atomic E-state index is 13.1. The molecule has 0 aliphatic heterocycles. The number of hydrogen-bond acceptors (Lipinski definition) is 6. The number of fused-ring (bicyclic) bond motifs is 1. The third-order valence-electron chi connectivity index (χ3n) is 4.67. The van der Waals surface area contributed by atoms with Gasteiger partial charge in [-0.25, -0.2) is 4.98 Å². The molecule has 3 heterocycles. The minimum absolute atomic E-state index is 0.0186. The van der Waals surface area contributed by atoms with Crippen LogP contribution in [0.4, 0.5) is 18.9 Å². The number of anilines is 1. The van der Waals surface area contributed by atoms with Crippen LogP contribution in [0.3, 0.4) is 0 Å². The molecule has 3 N–H and O–H groups in total. The van der Waals surface area contributed by atoms with E-state index in [0.717, 1.165) is 6.07 Å². The lowest BCUT2D eigenvalue weighted by atomic mass is 10.1. The molecule has 34 heavy (non-hydrogen) atoms. The van der Waals surface area contributed by atoms with Crippen molar-refractivity contribution < 1.29 is 31.9 Å². The van der Waals surface area contributed by atoms with Crippen LogP contribution in [0.15, 0.2) is 46.9 Å². The highest BCUT2D eigenvalue weighted by Gasteiger charge is 2.34. The fourth-order valence-electron chi connectivity index (χ4n) is 3.18. The van der Waals surface area contributed by atoms with E-state index in [1.165, 1.54) is 19.1 Å². The van der Waals surface area contributed by atoms with Gasteiger partial charge in [-0.05, 0) is 48.9 Å². The van der Waals surface area contributed by atoms with Gasteiger partial charge >= 0.3 is 6.18 Å². The summed E-state index contributed by atoms with van der Waals surface area (Å²) in [4.78, 5) is 28.1. The number of rotatable bonds is 6. The Kier molecular flexibility index (Phi) is 6.24. The van der Waals surface area contributed by atoms with Gasteiger partial charge in [0.15, 0.2) is 5.76 Å². The number of hydrogen-bond donors (Lipinski definition) is 2. The van der Waals surface area contributed by atoms with Crippen LogP contribution in [0.5, 0.6) is 5.75 Å². The lowest BCUT2D eigenvalue weighted by molar-refractivity contribution is -0.141. The minimum Gasteiger partial charge on any atom is -0.486 e. The van der Waals surface area contributed by atoms with Crippen LogP contribution in [0.2, 0.25) is 5.02 Å². The molecule has 3 aromatic heterocycles. The highest BCUT2D eigenvalue weighted by Crippen LogP contribution is 2.40. The molecule has 0 fully saturated rings. The number of amides is 2. The number of nitrogens with zero attached hydrogens (tertiary/aromatic N) is 1. The first-order chi connectivity index (χ1) is 16.0. The molecule has 0 saturated carbocycles. The second kappa shape index (κ2) is 8.99. The number of benzene rings is 1. The van der Waals surface area contributed by atoms with Gasteiger partial charge < -0.3 is 20.2 Å². The summed E-state index contributed by atoms with van der Waals surface area (Å²) in [5, 5.41) is 3.21. The fourth-order valence-corrected chi connectivity index (χ4v) is 4.42. The molecule has 0 aliphatic carbocycles. The standard InChI is InChI=1S/C22H15ClF3N3O4S/c1-10-7-15(22(24,25)26)28-21-16(10)17(18(34-21)19(27)30)29-20(31)14-6-5-13(33-14)9-32-12-4-2-3-11(23)8-12/h2-8H,9H2,1H3,(H2,27,30)(H,29,31). The van der Waals surface area contributed by atoms with Crippen molar-refractivity contribution in [1.29, 1.82) is 0 Å². The molecule has 0 spiro atoms. The number of ether oxygens (including phenoxy) is 1. The molecule has 176 valence electrons. The average molecular weight is 510 g/mol. The Morgan fingerprint density at radius 3 is 2.68 bits per heavy atom. The molecular weight excluding hydrogens is 495 g/mol. The number of nitrogens with one attached hydrogen (secondary N) is 1. The van der Waals surface area contributed by atoms with Crippen LogP contribution in [-0.2, 0) is 12.8 Å². The Balaban J connectivity index is 1.59. The molecule has 4 rings (SSSR count). The Bertz CT molecular complexity index is 1410. The molecular formula is C22H15ClF3N3O4S. The number of furan rings is 1. The van der Waals surface area contributed by atoms with Gasteiger partial charge in [0.1, 0.15) is 33.5 Å². The number of alkyl halides is 3. The van der Waals surface area contributed by atoms with Crippen molar-refractivity contribution in [2.24, 2.45) is 5.73 Å². The number of thiophene rings is 1. The van der Waals surface area contributed by atoms with Gasteiger partial charge in [0.25, 0.3) is 11.8 Å². The monoisotopic (exact) mass is 509 g/mol. The minimum atomic E-state index is -4.67. The van der Waals surface area contributed by atoms with Gasteiger partial charge in [-0.2, -0.15) is 13.2 Å². The largest absolute Gasteiger partial charge is 0.486 e. The molecule has 4 aromatic rings. The molecule has 1 aromatic carbocycles. The van der Waals surface area contributed by atoms with E-state index in [1.807, 2.05) is 0 Å². The summed E-state index contributed by atoms with van der Waals surface area (Å²) >= 11 is 6.57. The molecule has 0 saturated heterocycles. The van der Waals surface area contributed by atoms with Crippen molar-refractivity contribution in [3.8, 4) is 5.75 Å². The number of pyridine rings is 1. The van der Waals surface area contributed by atoms with E-state index in [4.69, 9.17) is 26.5 Å². The number of carbonyl (C=O) groups excluding carboxylic acids is 2. The average Bonchev–Trinajstić information content (AvgIpc) is 3.37. The van der Waals surface area contributed by atoms with Gasteiger partial charge in [0, 0.05) is 10.4 Å². The summed E-state index contributed by atoms with van der Waals surface area (Å²) in [6, 6.07) is 10.5. The van der Waals surface area contributed by atoms with Crippen molar-refractivity contribution >= 4 is 50.7 Å². The molecule has 0 atom stereocenters. The van der Waals surface area contributed by atoms with Crippen LogP contribution < -0.4 is 15.8 Å². The van der Waals surface area contributed by atoms with E-state index in [-0.39, 0.29) is 38.7 Å². The summed E-state index contributed by atoms with van der Waals surface area (Å²) in [5.41, 5.74) is 4.44. The van der Waals surface area contributed by atoms with Gasteiger partial charge in [-0.15, -0.1) is 11.3 Å². The zero-order valence-corrected chi connectivity index (χ0v) is 18.9. The quantitative estimate of drug-likeness (QED) is 0.341. The van der Waals surface area contributed by atoms with Crippen molar-refractivity contribution in [2.45, 2.75) is 19.7 Å². The number of aromatic nitrogens is 1. The second-order valence-corrected chi connectivity index (χ2v) is 8.57. The molecule has 2 amide bonds. The predicted molar refractivity (Wildman–Crippen MR) is 120 cm³/mol. The number of carbonyl (C=O) groups is 2. The van der Waals surface area contributed by atoms with Crippen molar-refractivity contribution in [3.05, 3.63) is 75.1 Å². The predicted octanol–water partition coefficient (Wildman–Crippen LogP) is 5.80. The summed E-state index contributed by atoms with van der Waals surface area (Å²) in [6.07, 6.45) is -4.67. The molecule has 0 bridgehead atoms. The zero-order valence-electron chi connectivity index (χ0n) is 17.3. The van der Waals surface area contributed by atoms with Gasteiger partial charge in [-0.1, -0.05) is 17.7 Å². The van der Waals surface area contributed by atoms with E-state index in [9.17, 15) is 22.8 Å². The van der Waals surface area contributed by atoms with E-state index in [1.54, 1.807) is 24.3 Å². The van der Waals surface area contributed by atoms with Crippen LogP contribution in [0.1, 0.15) is 37.2 Å². The lowest BCUT2D eigenvalue weighted by Gasteiger charge is -2.09. The topological polar surface area (TPSA) is 107 Å². The first-order valence-corrected chi connectivity index (χ1v) is 10.8. The number of aryl methyl sites for hydroxylation is 1. The van der Waals surface area contributed by atoms with E-state index in [0.29, 0.717) is 27.9 Å². The van der Waals surface area contributed by atoms with Crippen LogP contribution >= 0.6 is 22.9 Å². The number of halogens is 4. The maximum absolute atomic E-state index is 13.1. The van der Waals surface area contributed by atoms with E-state index in [2.05, 4.69) is 10.3 Å². The highest BCUT2D eigenvalue weighted by atomic mass is 35.5. The molecule has 7 nitrogen and oxygen atoms in total. The molecule has 0 radical (unpaired) electrons. The smallest absolute Gasteiger partial charge is 0.433 e. The van der Waals surface area contributed by atoms with Crippen molar-refractivity contribution in [3.63, 3.8) is 0 Å². The summed E-state index contributed by atoms with van der Waals surface area (Å²) in [5.74, 6) is -0.899. The van der Waals surface area contributed by atoms with Gasteiger partial charge in [0.05, 0.1) is 5.69 Å². The summed E-state index contributed by atoms with van der Waals surface area (Å²) < 4.78 is 50.5.